The summed E-state index contributed by atoms with van der Waals surface area (Å²) in [6, 6.07) is 23.8. The summed E-state index contributed by atoms with van der Waals surface area (Å²) in [6.07, 6.45) is 1.67. The van der Waals surface area contributed by atoms with Gasteiger partial charge in [0.25, 0.3) is 0 Å². The van der Waals surface area contributed by atoms with Gasteiger partial charge in [0.15, 0.2) is 0 Å². The summed E-state index contributed by atoms with van der Waals surface area (Å²) < 4.78 is 5.43. The van der Waals surface area contributed by atoms with E-state index in [9.17, 15) is 14.4 Å². The Labute approximate surface area is 210 Å². The minimum atomic E-state index is -0.426. The monoisotopic (exact) mass is 486 g/mol. The van der Waals surface area contributed by atoms with E-state index in [1.807, 2.05) is 25.1 Å². The lowest BCUT2D eigenvalue weighted by atomic mass is 10.1. The topological polar surface area (TPSA) is 91.0 Å². The van der Waals surface area contributed by atoms with E-state index in [-0.39, 0.29) is 24.9 Å². The van der Waals surface area contributed by atoms with Gasteiger partial charge in [-0.05, 0) is 61.7 Å². The molecule has 2 N–H and O–H groups in total. The molecule has 0 saturated heterocycles. The third-order valence-electron chi connectivity index (χ3n) is 5.83. The second-order valence-corrected chi connectivity index (χ2v) is 8.38. The molecule has 8 heteroatoms. The number of carbonyl (C=O) groups excluding carboxylic acids is 3. The number of benzene rings is 3. The molecule has 3 aromatic carbocycles. The van der Waals surface area contributed by atoms with Gasteiger partial charge in [0.05, 0.1) is 18.0 Å². The lowest BCUT2D eigenvalue weighted by Crippen LogP contribution is -2.52. The maximum absolute atomic E-state index is 13.0. The molecule has 0 unspecified atom stereocenters. The van der Waals surface area contributed by atoms with Crippen LogP contribution in [0.3, 0.4) is 0 Å². The number of rotatable bonds is 9. The number of para-hydroxylation sites is 2. The van der Waals surface area contributed by atoms with Crippen molar-refractivity contribution >= 4 is 34.9 Å². The summed E-state index contributed by atoms with van der Waals surface area (Å²) in [5, 5.41) is 5.72. The summed E-state index contributed by atoms with van der Waals surface area (Å²) in [6.45, 7) is 2.71. The zero-order valence-corrected chi connectivity index (χ0v) is 20.3. The Bertz CT molecular complexity index is 1200. The van der Waals surface area contributed by atoms with Crippen LogP contribution in [0.4, 0.5) is 21.9 Å². The molecule has 0 aromatic heterocycles. The molecule has 3 aromatic rings. The van der Waals surface area contributed by atoms with Gasteiger partial charge in [-0.25, -0.2) is 4.79 Å². The largest absolute Gasteiger partial charge is 0.494 e. The molecule has 4 amide bonds. The van der Waals surface area contributed by atoms with Gasteiger partial charge in [0.2, 0.25) is 11.8 Å². The molecule has 36 heavy (non-hydrogen) atoms. The number of nitrogens with one attached hydrogen (secondary N) is 2. The molecular formula is C28H30N4O4. The van der Waals surface area contributed by atoms with E-state index < -0.39 is 6.03 Å². The second-order valence-electron chi connectivity index (χ2n) is 8.38. The van der Waals surface area contributed by atoms with Crippen molar-refractivity contribution in [3.63, 3.8) is 0 Å². The van der Waals surface area contributed by atoms with Gasteiger partial charge in [-0.2, -0.15) is 0 Å². The molecule has 0 fully saturated rings. The molecule has 1 heterocycles. The molecule has 186 valence electrons. The van der Waals surface area contributed by atoms with E-state index in [0.717, 1.165) is 12.8 Å². The molecule has 0 saturated carbocycles. The lowest BCUT2D eigenvalue weighted by Gasteiger charge is -2.35. The van der Waals surface area contributed by atoms with Crippen LogP contribution in [0.1, 0.15) is 18.9 Å². The Morgan fingerprint density at radius 1 is 0.917 bits per heavy atom. The van der Waals surface area contributed by atoms with Crippen LogP contribution in [-0.4, -0.2) is 44.1 Å². The van der Waals surface area contributed by atoms with Crippen molar-refractivity contribution in [2.45, 2.75) is 19.8 Å². The van der Waals surface area contributed by atoms with Crippen LogP contribution in [-0.2, 0) is 16.0 Å². The summed E-state index contributed by atoms with van der Waals surface area (Å²) >= 11 is 0. The first kappa shape index (κ1) is 24.8. The number of anilines is 3. The fourth-order valence-electron chi connectivity index (χ4n) is 4.07. The first-order chi connectivity index (χ1) is 17.5. The summed E-state index contributed by atoms with van der Waals surface area (Å²) in [4.78, 5) is 41.5. The number of carbonyl (C=O) groups is 3. The maximum Gasteiger partial charge on any atom is 0.326 e. The predicted molar refractivity (Wildman–Crippen MR) is 141 cm³/mol. The van der Waals surface area contributed by atoms with Crippen molar-refractivity contribution in [3.8, 4) is 5.75 Å². The molecule has 0 bridgehead atoms. The smallest absolute Gasteiger partial charge is 0.326 e. The van der Waals surface area contributed by atoms with E-state index in [1.165, 1.54) is 15.4 Å². The molecule has 0 atom stereocenters. The van der Waals surface area contributed by atoms with E-state index in [1.54, 1.807) is 48.5 Å². The number of hydrogen-bond acceptors (Lipinski definition) is 4. The number of aryl methyl sites for hydroxylation is 1. The molecular weight excluding hydrogens is 456 g/mol. The Morgan fingerprint density at radius 3 is 2.33 bits per heavy atom. The number of amides is 4. The molecule has 1 aliphatic rings. The van der Waals surface area contributed by atoms with E-state index in [2.05, 4.69) is 22.8 Å². The zero-order chi connectivity index (χ0) is 25.3. The van der Waals surface area contributed by atoms with Gasteiger partial charge >= 0.3 is 6.03 Å². The summed E-state index contributed by atoms with van der Waals surface area (Å²) in [7, 11) is 0. The number of nitrogens with zero attached hydrogens (tertiary/aromatic N) is 2. The quantitative estimate of drug-likeness (QED) is 0.443. The molecule has 8 nitrogen and oxygen atoms in total. The average Bonchev–Trinajstić information content (AvgIpc) is 2.90. The van der Waals surface area contributed by atoms with Crippen LogP contribution in [0.15, 0.2) is 78.9 Å². The van der Waals surface area contributed by atoms with Crippen LogP contribution in [0.2, 0.25) is 0 Å². The molecule has 0 spiro atoms. The zero-order valence-electron chi connectivity index (χ0n) is 20.3. The van der Waals surface area contributed by atoms with E-state index in [0.29, 0.717) is 36.0 Å². The van der Waals surface area contributed by atoms with Crippen LogP contribution < -0.4 is 25.2 Å². The Hall–Kier alpha value is -4.33. The molecule has 4 rings (SSSR count). The van der Waals surface area contributed by atoms with E-state index >= 15 is 0 Å². The standard InChI is InChI=1S/C28H30N4O4/c1-2-36-23-16-14-22(15-17-23)30-28(35)32-20-27(34)31(24-12-6-7-13-25(24)32)19-26(33)29-18-8-11-21-9-4-3-5-10-21/h3-7,9-10,12-17H,2,8,11,18-20H2,1H3,(H,29,33)(H,30,35). The highest BCUT2D eigenvalue weighted by Gasteiger charge is 2.33. The Morgan fingerprint density at radius 2 is 1.61 bits per heavy atom. The highest BCUT2D eigenvalue weighted by atomic mass is 16.5. The number of hydrogen-bond donors (Lipinski definition) is 2. The van der Waals surface area contributed by atoms with Crippen molar-refractivity contribution in [2.75, 3.05) is 41.4 Å². The maximum atomic E-state index is 13.0. The van der Waals surface area contributed by atoms with Gasteiger partial charge in [0.1, 0.15) is 18.8 Å². The fourth-order valence-corrected chi connectivity index (χ4v) is 4.07. The SMILES string of the molecule is CCOc1ccc(NC(=O)N2CC(=O)N(CC(=O)NCCCc3ccccc3)c3ccccc32)cc1. The highest BCUT2D eigenvalue weighted by Crippen LogP contribution is 2.33. The molecule has 1 aliphatic heterocycles. The predicted octanol–water partition coefficient (Wildman–Crippen LogP) is 4.22. The lowest BCUT2D eigenvalue weighted by molar-refractivity contribution is -0.123. The summed E-state index contributed by atoms with van der Waals surface area (Å²) in [5.74, 6) is 0.150. The van der Waals surface area contributed by atoms with Crippen molar-refractivity contribution < 1.29 is 19.1 Å². The number of fused-ring (bicyclic) bond motifs is 1. The van der Waals surface area contributed by atoms with Gasteiger partial charge in [0, 0.05) is 12.2 Å². The number of urea groups is 1. The molecule has 0 aliphatic carbocycles. The fraction of sp³-hybridized carbons (Fsp3) is 0.250. The van der Waals surface area contributed by atoms with Crippen LogP contribution >= 0.6 is 0 Å². The van der Waals surface area contributed by atoms with Crippen LogP contribution in [0.25, 0.3) is 0 Å². The molecule has 0 radical (unpaired) electrons. The normalized spacial score (nSPS) is 12.6. The Balaban J connectivity index is 1.37. The third kappa shape index (κ3) is 6.21. The van der Waals surface area contributed by atoms with Gasteiger partial charge in [-0.1, -0.05) is 42.5 Å². The number of ether oxygens (including phenoxy) is 1. The van der Waals surface area contributed by atoms with Crippen molar-refractivity contribution in [1.29, 1.82) is 0 Å². The van der Waals surface area contributed by atoms with Crippen LogP contribution in [0, 0.1) is 0 Å². The van der Waals surface area contributed by atoms with Crippen molar-refractivity contribution in [3.05, 3.63) is 84.4 Å². The van der Waals surface area contributed by atoms with E-state index in [4.69, 9.17) is 4.74 Å². The van der Waals surface area contributed by atoms with Gasteiger partial charge < -0.3 is 15.4 Å². The van der Waals surface area contributed by atoms with Crippen LogP contribution in [0.5, 0.6) is 5.75 Å². The highest BCUT2D eigenvalue weighted by molar-refractivity contribution is 6.15. The minimum Gasteiger partial charge on any atom is -0.494 e. The summed E-state index contributed by atoms with van der Waals surface area (Å²) in [5.41, 5.74) is 2.90. The van der Waals surface area contributed by atoms with Gasteiger partial charge in [-0.3, -0.25) is 19.4 Å². The van der Waals surface area contributed by atoms with Crippen molar-refractivity contribution in [2.24, 2.45) is 0 Å². The first-order valence-electron chi connectivity index (χ1n) is 12.1. The average molecular weight is 487 g/mol. The third-order valence-corrected chi connectivity index (χ3v) is 5.83. The first-order valence-corrected chi connectivity index (χ1v) is 12.1. The second kappa shape index (κ2) is 11.9. The minimum absolute atomic E-state index is 0.102. The van der Waals surface area contributed by atoms with Crippen molar-refractivity contribution in [1.82, 2.24) is 5.32 Å². The Kier molecular flexibility index (Phi) is 8.18. The van der Waals surface area contributed by atoms with Gasteiger partial charge in [-0.15, -0.1) is 0 Å².